The number of aromatic amines is 1. The molecule has 2 rings (SSSR count). The lowest BCUT2D eigenvalue weighted by Gasteiger charge is -2.03. The quantitative estimate of drug-likeness (QED) is 0.822. The van der Waals surface area contributed by atoms with Crippen LogP contribution in [0.1, 0.15) is 0 Å². The maximum atomic E-state index is 11.5. The minimum Gasteiger partial charge on any atom is -0.353 e. The summed E-state index contributed by atoms with van der Waals surface area (Å²) < 4.78 is 0. The third kappa shape index (κ3) is 1.89. The fourth-order valence-electron chi connectivity index (χ4n) is 1.10. The zero-order chi connectivity index (χ0) is 10.8. The first kappa shape index (κ1) is 9.85. The summed E-state index contributed by atoms with van der Waals surface area (Å²) in [6.45, 7) is 0. The molecular formula is C9H10N4OS. The van der Waals surface area contributed by atoms with Crippen molar-refractivity contribution in [1.29, 1.82) is 0 Å². The normalized spacial score (nSPS) is 10.3. The molecule has 0 bridgehead atoms. The highest BCUT2D eigenvalue weighted by Crippen LogP contribution is 2.24. The summed E-state index contributed by atoms with van der Waals surface area (Å²) in [6, 6.07) is 3.51. The van der Waals surface area contributed by atoms with Gasteiger partial charge in [0.05, 0.1) is 5.56 Å². The lowest BCUT2D eigenvalue weighted by Crippen LogP contribution is -2.07. The van der Waals surface area contributed by atoms with Crippen LogP contribution in [-0.4, -0.2) is 29.3 Å². The Hall–Kier alpha value is -1.69. The maximum Gasteiger partial charge on any atom is 0.258 e. The SMILES string of the molecule is CN(C)c1nnc(-c2ccc[nH]c2=O)s1. The molecule has 2 heterocycles. The van der Waals surface area contributed by atoms with E-state index in [9.17, 15) is 4.79 Å². The van der Waals surface area contributed by atoms with Crippen molar-refractivity contribution in [2.24, 2.45) is 0 Å². The van der Waals surface area contributed by atoms with Crippen molar-refractivity contribution < 1.29 is 0 Å². The highest BCUT2D eigenvalue weighted by molar-refractivity contribution is 7.18. The fraction of sp³-hybridized carbons (Fsp3) is 0.222. The molecule has 0 aliphatic heterocycles. The molecule has 0 saturated carbocycles. The number of pyridine rings is 1. The van der Waals surface area contributed by atoms with Crippen molar-refractivity contribution in [3.05, 3.63) is 28.7 Å². The van der Waals surface area contributed by atoms with Gasteiger partial charge in [-0.15, -0.1) is 10.2 Å². The Balaban J connectivity index is 2.47. The molecule has 0 radical (unpaired) electrons. The molecule has 0 aliphatic rings. The molecule has 2 aromatic rings. The minimum absolute atomic E-state index is 0.140. The number of rotatable bonds is 2. The zero-order valence-corrected chi connectivity index (χ0v) is 9.21. The van der Waals surface area contributed by atoms with Gasteiger partial charge in [-0.2, -0.15) is 0 Å². The van der Waals surface area contributed by atoms with Crippen LogP contribution < -0.4 is 10.5 Å². The van der Waals surface area contributed by atoms with Gasteiger partial charge in [-0.05, 0) is 12.1 Å². The molecule has 0 spiro atoms. The van der Waals surface area contributed by atoms with E-state index < -0.39 is 0 Å². The molecule has 0 fully saturated rings. The van der Waals surface area contributed by atoms with Gasteiger partial charge >= 0.3 is 0 Å². The number of hydrogen-bond acceptors (Lipinski definition) is 5. The largest absolute Gasteiger partial charge is 0.353 e. The summed E-state index contributed by atoms with van der Waals surface area (Å²) in [4.78, 5) is 15.9. The molecule has 0 aromatic carbocycles. The summed E-state index contributed by atoms with van der Waals surface area (Å²) >= 11 is 1.39. The predicted molar refractivity (Wildman–Crippen MR) is 60.3 cm³/mol. The Morgan fingerprint density at radius 3 is 2.80 bits per heavy atom. The number of anilines is 1. The van der Waals surface area contributed by atoms with Gasteiger partial charge in [0.1, 0.15) is 0 Å². The number of hydrogen-bond donors (Lipinski definition) is 1. The van der Waals surface area contributed by atoms with Crippen molar-refractivity contribution >= 4 is 16.5 Å². The van der Waals surface area contributed by atoms with Crippen LogP contribution in [0.5, 0.6) is 0 Å². The predicted octanol–water partition coefficient (Wildman–Crippen LogP) is 0.959. The van der Waals surface area contributed by atoms with Crippen LogP contribution in [0.25, 0.3) is 10.6 Å². The number of nitrogens with one attached hydrogen (secondary N) is 1. The molecule has 0 aliphatic carbocycles. The Morgan fingerprint density at radius 2 is 2.20 bits per heavy atom. The summed E-state index contributed by atoms with van der Waals surface area (Å²) in [5.41, 5.74) is 0.419. The first-order chi connectivity index (χ1) is 7.18. The maximum absolute atomic E-state index is 11.5. The van der Waals surface area contributed by atoms with Gasteiger partial charge in [0.25, 0.3) is 5.56 Å². The highest BCUT2D eigenvalue weighted by Gasteiger charge is 2.10. The molecule has 6 heteroatoms. The third-order valence-electron chi connectivity index (χ3n) is 1.85. The lowest BCUT2D eigenvalue weighted by atomic mass is 10.3. The fourth-order valence-corrected chi connectivity index (χ4v) is 1.88. The van der Waals surface area contributed by atoms with Gasteiger partial charge in [-0.25, -0.2) is 0 Å². The molecule has 2 aromatic heterocycles. The van der Waals surface area contributed by atoms with Crippen LogP contribution in [0.4, 0.5) is 5.13 Å². The van der Waals surface area contributed by atoms with Gasteiger partial charge in [0.15, 0.2) is 5.01 Å². The average molecular weight is 222 g/mol. The Morgan fingerprint density at radius 1 is 1.40 bits per heavy atom. The van der Waals surface area contributed by atoms with Crippen LogP contribution in [0.3, 0.4) is 0 Å². The first-order valence-electron chi connectivity index (χ1n) is 4.37. The summed E-state index contributed by atoms with van der Waals surface area (Å²) in [5, 5.41) is 9.38. The molecule has 0 unspecified atom stereocenters. The molecule has 0 saturated heterocycles. The van der Waals surface area contributed by atoms with E-state index in [1.165, 1.54) is 11.3 Å². The minimum atomic E-state index is -0.140. The standard InChI is InChI=1S/C9H10N4OS/c1-13(2)9-12-11-8(15-9)6-4-3-5-10-7(6)14/h3-5H,1-2H3,(H,10,14). The Bertz CT molecular complexity index is 517. The molecule has 0 atom stereocenters. The van der Waals surface area contributed by atoms with Crippen molar-refractivity contribution in [1.82, 2.24) is 15.2 Å². The number of H-pyrrole nitrogens is 1. The average Bonchev–Trinajstić information content (AvgIpc) is 2.67. The molecule has 1 N–H and O–H groups in total. The topological polar surface area (TPSA) is 61.9 Å². The Kier molecular flexibility index (Phi) is 2.51. The summed E-state index contributed by atoms with van der Waals surface area (Å²) in [7, 11) is 3.78. The second-order valence-corrected chi connectivity index (χ2v) is 4.15. The Labute approximate surface area is 90.4 Å². The highest BCUT2D eigenvalue weighted by atomic mass is 32.1. The molecule has 5 nitrogen and oxygen atoms in total. The second kappa shape index (κ2) is 3.82. The van der Waals surface area contributed by atoms with Gasteiger partial charge < -0.3 is 9.88 Å². The summed E-state index contributed by atoms with van der Waals surface area (Å²) in [6.07, 6.45) is 1.60. The smallest absolute Gasteiger partial charge is 0.258 e. The van der Waals surface area contributed by atoms with E-state index in [4.69, 9.17) is 0 Å². The van der Waals surface area contributed by atoms with Crippen molar-refractivity contribution in [2.75, 3.05) is 19.0 Å². The van der Waals surface area contributed by atoms with Crippen LogP contribution in [0.15, 0.2) is 23.1 Å². The van der Waals surface area contributed by atoms with Crippen molar-refractivity contribution in [3.8, 4) is 10.6 Å². The van der Waals surface area contributed by atoms with E-state index in [0.29, 0.717) is 10.6 Å². The lowest BCUT2D eigenvalue weighted by molar-refractivity contribution is 1.02. The van der Waals surface area contributed by atoms with Crippen LogP contribution >= 0.6 is 11.3 Å². The van der Waals surface area contributed by atoms with E-state index in [1.54, 1.807) is 18.3 Å². The number of aromatic nitrogens is 3. The van der Waals surface area contributed by atoms with Crippen LogP contribution in [0, 0.1) is 0 Å². The van der Waals surface area contributed by atoms with Crippen molar-refractivity contribution in [3.63, 3.8) is 0 Å². The van der Waals surface area contributed by atoms with E-state index >= 15 is 0 Å². The molecule has 15 heavy (non-hydrogen) atoms. The van der Waals surface area contributed by atoms with Crippen LogP contribution in [-0.2, 0) is 0 Å². The molecule has 78 valence electrons. The monoisotopic (exact) mass is 222 g/mol. The van der Waals surface area contributed by atoms with Crippen molar-refractivity contribution in [2.45, 2.75) is 0 Å². The molecular weight excluding hydrogens is 212 g/mol. The van der Waals surface area contributed by atoms with Crippen LogP contribution in [0.2, 0.25) is 0 Å². The third-order valence-corrected chi connectivity index (χ3v) is 2.97. The van der Waals surface area contributed by atoms with Gasteiger partial charge in [-0.1, -0.05) is 11.3 Å². The van der Waals surface area contributed by atoms with E-state index in [0.717, 1.165) is 5.13 Å². The zero-order valence-electron chi connectivity index (χ0n) is 8.39. The number of nitrogens with zero attached hydrogens (tertiary/aromatic N) is 3. The van der Waals surface area contributed by atoms with E-state index in [1.807, 2.05) is 19.0 Å². The first-order valence-corrected chi connectivity index (χ1v) is 5.19. The van der Waals surface area contributed by atoms with Gasteiger partial charge in [-0.3, -0.25) is 4.79 Å². The second-order valence-electron chi connectivity index (χ2n) is 3.20. The van der Waals surface area contributed by atoms with Gasteiger partial charge in [0, 0.05) is 20.3 Å². The molecule has 0 amide bonds. The van der Waals surface area contributed by atoms with Gasteiger partial charge in [0.2, 0.25) is 5.13 Å². The summed E-state index contributed by atoms with van der Waals surface area (Å²) in [5.74, 6) is 0. The van der Waals surface area contributed by atoms with E-state index in [-0.39, 0.29) is 5.56 Å². The van der Waals surface area contributed by atoms with E-state index in [2.05, 4.69) is 15.2 Å².